The Morgan fingerprint density at radius 2 is 1.44 bits per heavy atom. The van der Waals surface area contributed by atoms with Crippen LogP contribution in [0.5, 0.6) is 0 Å². The van der Waals surface area contributed by atoms with Gasteiger partial charge in [0.1, 0.15) is 0 Å². The van der Waals surface area contributed by atoms with E-state index in [-0.39, 0.29) is 23.0 Å². The summed E-state index contributed by atoms with van der Waals surface area (Å²) in [6, 6.07) is 10.2. The number of carbonyl (C=O) groups is 1. The van der Waals surface area contributed by atoms with Crippen molar-refractivity contribution < 1.29 is 4.79 Å². The zero-order chi connectivity index (χ0) is 25.0. The third kappa shape index (κ3) is 8.11. The molecule has 2 rings (SSSR count). The number of carbonyl (C=O) groups excluding carboxylic acids is 1. The molecule has 0 bridgehead atoms. The summed E-state index contributed by atoms with van der Waals surface area (Å²) >= 11 is 0. The lowest BCUT2D eigenvalue weighted by atomic mass is 9.68. The Hall–Kier alpha value is -1.35. The zero-order valence-corrected chi connectivity index (χ0v) is 23.3. The van der Waals surface area contributed by atoms with E-state index in [9.17, 15) is 4.79 Å². The number of hydrogen-bond acceptors (Lipinski definition) is 2. The van der Waals surface area contributed by atoms with E-state index >= 15 is 0 Å². The molecule has 1 aromatic rings. The van der Waals surface area contributed by atoms with Gasteiger partial charge in [-0.05, 0) is 57.6 Å². The molecule has 1 aromatic carbocycles. The summed E-state index contributed by atoms with van der Waals surface area (Å²) in [4.78, 5) is 16.0. The highest BCUT2D eigenvalue weighted by Gasteiger charge is 2.48. The van der Waals surface area contributed by atoms with E-state index in [2.05, 4.69) is 51.8 Å². The van der Waals surface area contributed by atoms with Crippen molar-refractivity contribution >= 4 is 5.91 Å². The van der Waals surface area contributed by atoms with Gasteiger partial charge in [0.15, 0.2) is 0 Å². The Bertz CT molecular complexity index is 705. The van der Waals surface area contributed by atoms with Crippen LogP contribution < -0.4 is 5.32 Å². The van der Waals surface area contributed by atoms with E-state index in [1.807, 2.05) is 30.3 Å². The van der Waals surface area contributed by atoms with Crippen LogP contribution in [0.3, 0.4) is 0 Å². The van der Waals surface area contributed by atoms with Crippen LogP contribution in [0.1, 0.15) is 135 Å². The summed E-state index contributed by atoms with van der Waals surface area (Å²) in [5.41, 5.74) is 0.937. The van der Waals surface area contributed by atoms with Gasteiger partial charge < -0.3 is 10.2 Å². The van der Waals surface area contributed by atoms with Crippen molar-refractivity contribution in [1.29, 1.82) is 0 Å². The number of nitrogens with zero attached hydrogens (tertiary/aromatic N) is 1. The van der Waals surface area contributed by atoms with Crippen molar-refractivity contribution in [2.45, 2.75) is 142 Å². The molecular weight excluding hydrogens is 416 g/mol. The molecule has 0 spiro atoms. The molecule has 1 aliphatic rings. The molecule has 4 atom stereocenters. The average Bonchev–Trinajstić information content (AvgIpc) is 2.85. The molecule has 1 saturated heterocycles. The van der Waals surface area contributed by atoms with Gasteiger partial charge >= 0.3 is 0 Å². The fourth-order valence-corrected chi connectivity index (χ4v) is 5.87. The lowest BCUT2D eigenvalue weighted by molar-refractivity contribution is 0.00178. The second-order valence-electron chi connectivity index (χ2n) is 11.4. The number of benzene rings is 1. The maximum atomic E-state index is 13.8. The Kier molecular flexibility index (Phi) is 12.1. The Morgan fingerprint density at radius 1 is 0.882 bits per heavy atom. The van der Waals surface area contributed by atoms with Gasteiger partial charge in [-0.2, -0.15) is 0 Å². The van der Waals surface area contributed by atoms with Crippen molar-refractivity contribution in [2.75, 3.05) is 6.54 Å². The largest absolute Gasteiger partial charge is 0.335 e. The maximum Gasteiger partial charge on any atom is 0.254 e. The zero-order valence-electron chi connectivity index (χ0n) is 23.3. The molecule has 1 fully saturated rings. The third-order valence-corrected chi connectivity index (χ3v) is 8.78. The van der Waals surface area contributed by atoms with Crippen LogP contribution in [0.15, 0.2) is 30.3 Å². The van der Waals surface area contributed by atoms with Crippen molar-refractivity contribution in [2.24, 2.45) is 5.92 Å². The molecule has 0 aliphatic carbocycles. The first-order chi connectivity index (χ1) is 16.3. The minimum atomic E-state index is 0.0423. The van der Waals surface area contributed by atoms with Crippen molar-refractivity contribution in [3.05, 3.63) is 35.9 Å². The lowest BCUT2D eigenvalue weighted by Gasteiger charge is -2.56. The smallest absolute Gasteiger partial charge is 0.254 e. The Balaban J connectivity index is 2.04. The van der Waals surface area contributed by atoms with Crippen molar-refractivity contribution in [3.63, 3.8) is 0 Å². The molecule has 4 unspecified atom stereocenters. The van der Waals surface area contributed by atoms with E-state index in [0.29, 0.717) is 5.92 Å². The molecule has 1 N–H and O–H groups in total. The van der Waals surface area contributed by atoms with Crippen LogP contribution in [0, 0.1) is 5.92 Å². The first kappa shape index (κ1) is 28.9. The normalized spacial score (nSPS) is 27.0. The molecule has 1 aliphatic heterocycles. The molecule has 1 heterocycles. The fraction of sp³-hybridized carbons (Fsp3) is 0.774. The summed E-state index contributed by atoms with van der Waals surface area (Å²) in [5, 5.41) is 3.99. The van der Waals surface area contributed by atoms with Gasteiger partial charge in [-0.15, -0.1) is 0 Å². The van der Waals surface area contributed by atoms with Gasteiger partial charge in [0.05, 0.1) is 0 Å². The van der Waals surface area contributed by atoms with E-state index < -0.39 is 0 Å². The predicted molar refractivity (Wildman–Crippen MR) is 147 cm³/mol. The van der Waals surface area contributed by atoms with Crippen LogP contribution in [0.4, 0.5) is 0 Å². The van der Waals surface area contributed by atoms with E-state index in [0.717, 1.165) is 37.8 Å². The fourth-order valence-electron chi connectivity index (χ4n) is 5.87. The second kappa shape index (κ2) is 14.3. The molecule has 3 nitrogen and oxygen atoms in total. The summed E-state index contributed by atoms with van der Waals surface area (Å²) in [5.74, 6) is 0.625. The van der Waals surface area contributed by atoms with Crippen LogP contribution >= 0.6 is 0 Å². The standard InChI is InChI=1S/C31H54N2O/c1-7-10-11-12-13-14-15-16-17-21-24-33(29(34)27-22-19-18-20-23-27)28-25-30(5,8-2)32-31(6,9-3)26(28)4/h18-20,22-23,26,28,32H,7-17,21,24-25H2,1-6H3. The van der Waals surface area contributed by atoms with Crippen LogP contribution in [-0.4, -0.2) is 34.5 Å². The monoisotopic (exact) mass is 470 g/mol. The summed E-state index contributed by atoms with van der Waals surface area (Å²) in [6.07, 6.45) is 16.4. The summed E-state index contributed by atoms with van der Waals surface area (Å²) in [7, 11) is 0. The van der Waals surface area contributed by atoms with Crippen molar-refractivity contribution in [3.8, 4) is 0 Å². The molecule has 0 saturated carbocycles. The molecule has 194 valence electrons. The first-order valence-corrected chi connectivity index (χ1v) is 14.5. The summed E-state index contributed by atoms with van der Waals surface area (Å²) in [6.45, 7) is 14.8. The molecule has 3 heteroatoms. The Morgan fingerprint density at radius 3 is 1.97 bits per heavy atom. The number of rotatable bonds is 15. The molecule has 0 radical (unpaired) electrons. The predicted octanol–water partition coefficient (Wildman–Crippen LogP) is 8.39. The van der Waals surface area contributed by atoms with Gasteiger partial charge in [-0.25, -0.2) is 0 Å². The Labute approximate surface area is 211 Å². The number of unbranched alkanes of at least 4 members (excludes halogenated alkanes) is 9. The highest BCUT2D eigenvalue weighted by Crippen LogP contribution is 2.40. The molecule has 1 amide bonds. The second-order valence-corrected chi connectivity index (χ2v) is 11.4. The van der Waals surface area contributed by atoms with Gasteiger partial charge in [-0.1, -0.05) is 104 Å². The van der Waals surface area contributed by atoms with Gasteiger partial charge in [0.2, 0.25) is 0 Å². The summed E-state index contributed by atoms with van der Waals surface area (Å²) < 4.78 is 0. The van der Waals surface area contributed by atoms with E-state index in [4.69, 9.17) is 0 Å². The number of piperidine rings is 1. The minimum absolute atomic E-state index is 0.0423. The molecule has 34 heavy (non-hydrogen) atoms. The molecule has 0 aromatic heterocycles. The number of hydrogen-bond donors (Lipinski definition) is 1. The van der Waals surface area contributed by atoms with E-state index in [1.54, 1.807) is 0 Å². The third-order valence-electron chi connectivity index (χ3n) is 8.78. The van der Waals surface area contributed by atoms with Gasteiger partial charge in [0, 0.05) is 29.2 Å². The van der Waals surface area contributed by atoms with Crippen LogP contribution in [-0.2, 0) is 0 Å². The highest BCUT2D eigenvalue weighted by atomic mass is 16.2. The minimum Gasteiger partial charge on any atom is -0.335 e. The number of amides is 1. The number of nitrogens with one attached hydrogen (secondary N) is 1. The van der Waals surface area contributed by atoms with Crippen LogP contribution in [0.25, 0.3) is 0 Å². The topological polar surface area (TPSA) is 32.3 Å². The SMILES string of the molecule is CCCCCCCCCCCCN(C(=O)c1ccccc1)C1CC(C)(CC)NC(C)(CC)C1C. The lowest BCUT2D eigenvalue weighted by Crippen LogP contribution is -2.69. The quantitative estimate of drug-likeness (QED) is 0.261. The van der Waals surface area contributed by atoms with Crippen LogP contribution in [0.2, 0.25) is 0 Å². The van der Waals surface area contributed by atoms with Gasteiger partial charge in [0.25, 0.3) is 5.91 Å². The first-order valence-electron chi connectivity index (χ1n) is 14.5. The average molecular weight is 471 g/mol. The van der Waals surface area contributed by atoms with E-state index in [1.165, 1.54) is 57.8 Å². The maximum absolute atomic E-state index is 13.8. The molecular formula is C31H54N2O. The van der Waals surface area contributed by atoms with Gasteiger partial charge in [-0.3, -0.25) is 4.79 Å². The highest BCUT2D eigenvalue weighted by molar-refractivity contribution is 5.94. The van der Waals surface area contributed by atoms with Crippen molar-refractivity contribution in [1.82, 2.24) is 10.2 Å².